The third kappa shape index (κ3) is 12.2. The minimum Gasteiger partial charge on any atom is -0.377 e. The topological polar surface area (TPSA) is 107 Å². The maximum absolute atomic E-state index is 5.64. The Labute approximate surface area is 156 Å². The smallest absolute Gasteiger partial charge is 0.377 e. The van der Waals surface area contributed by atoms with Crippen LogP contribution in [0.3, 0.4) is 0 Å². The molecule has 0 aromatic rings. The molecule has 0 aromatic heterocycles. The maximum Gasteiger partial charge on any atom is 0.502 e. The minimum absolute atomic E-state index is 0.327. The Balaban J connectivity index is 0. The van der Waals surface area contributed by atoms with E-state index in [0.29, 0.717) is 19.8 Å². The van der Waals surface area contributed by atoms with Crippen molar-refractivity contribution in [2.45, 2.75) is 58.9 Å². The summed E-state index contributed by atoms with van der Waals surface area (Å²) >= 11 is 0. The van der Waals surface area contributed by atoms with Crippen LogP contribution in [0.2, 0.25) is 12.1 Å². The molecule has 0 aliphatic rings. The highest BCUT2D eigenvalue weighted by Gasteiger charge is 2.40. The van der Waals surface area contributed by atoms with Crippen LogP contribution in [-0.2, 0) is 26.6 Å². The SMILES string of the molecule is CCC[Si](OCC)(OCC)OC(C)N.CO[Si](CCCN)(OC)OC. The summed E-state index contributed by atoms with van der Waals surface area (Å²) in [5.74, 6) is 0. The van der Waals surface area contributed by atoms with E-state index in [2.05, 4.69) is 6.92 Å². The number of hydrogen-bond donors (Lipinski definition) is 2. The summed E-state index contributed by atoms with van der Waals surface area (Å²) in [5.41, 5.74) is 11.0. The van der Waals surface area contributed by atoms with Crippen LogP contribution in [0.5, 0.6) is 0 Å². The van der Waals surface area contributed by atoms with Crippen molar-refractivity contribution in [1.29, 1.82) is 0 Å². The Bertz CT molecular complexity index is 272. The van der Waals surface area contributed by atoms with Gasteiger partial charge in [-0.25, -0.2) is 0 Å². The summed E-state index contributed by atoms with van der Waals surface area (Å²) in [4.78, 5) is 0. The van der Waals surface area contributed by atoms with E-state index in [1.54, 1.807) is 28.3 Å². The van der Waals surface area contributed by atoms with Gasteiger partial charge < -0.3 is 38.0 Å². The molecule has 8 nitrogen and oxygen atoms in total. The van der Waals surface area contributed by atoms with Gasteiger partial charge in [0.05, 0.1) is 6.23 Å². The summed E-state index contributed by atoms with van der Waals surface area (Å²) < 4.78 is 32.4. The summed E-state index contributed by atoms with van der Waals surface area (Å²) in [6.45, 7) is 9.64. The predicted octanol–water partition coefficient (Wildman–Crippen LogP) is 1.94. The fraction of sp³-hybridized carbons (Fsp3) is 1.00. The molecule has 0 saturated carbocycles. The Morgan fingerprint density at radius 3 is 1.60 bits per heavy atom. The largest absolute Gasteiger partial charge is 0.502 e. The highest BCUT2D eigenvalue weighted by Crippen LogP contribution is 2.18. The first kappa shape index (κ1) is 27.3. The van der Waals surface area contributed by atoms with Gasteiger partial charge in [-0.1, -0.05) is 13.3 Å². The van der Waals surface area contributed by atoms with Crippen molar-refractivity contribution in [3.05, 3.63) is 0 Å². The van der Waals surface area contributed by atoms with E-state index in [9.17, 15) is 0 Å². The zero-order chi connectivity index (χ0) is 19.8. The number of nitrogens with two attached hydrogens (primary N) is 2. The van der Waals surface area contributed by atoms with Gasteiger partial charge in [0.25, 0.3) is 0 Å². The molecule has 1 unspecified atom stereocenters. The van der Waals surface area contributed by atoms with Crippen LogP contribution in [-0.4, -0.2) is 64.9 Å². The lowest BCUT2D eigenvalue weighted by atomic mass is 10.5. The predicted molar refractivity (Wildman–Crippen MR) is 104 cm³/mol. The van der Waals surface area contributed by atoms with Gasteiger partial charge in [-0.2, -0.15) is 0 Å². The van der Waals surface area contributed by atoms with Gasteiger partial charge in [-0.3, -0.25) is 0 Å². The third-order valence-electron chi connectivity index (χ3n) is 3.27. The van der Waals surface area contributed by atoms with E-state index in [0.717, 1.165) is 24.9 Å². The lowest BCUT2D eigenvalue weighted by Gasteiger charge is -2.30. The zero-order valence-corrected chi connectivity index (χ0v) is 19.1. The van der Waals surface area contributed by atoms with Crippen molar-refractivity contribution >= 4 is 17.6 Å². The first-order chi connectivity index (χ1) is 11.8. The molecule has 0 aromatic carbocycles. The molecule has 0 radical (unpaired) electrons. The summed E-state index contributed by atoms with van der Waals surface area (Å²) in [7, 11) is 0.0187. The molecule has 0 spiro atoms. The van der Waals surface area contributed by atoms with E-state index in [1.165, 1.54) is 0 Å². The molecule has 0 fully saturated rings. The maximum atomic E-state index is 5.64. The van der Waals surface area contributed by atoms with Crippen molar-refractivity contribution in [2.75, 3.05) is 41.1 Å². The van der Waals surface area contributed by atoms with Gasteiger partial charge >= 0.3 is 17.6 Å². The van der Waals surface area contributed by atoms with Crippen LogP contribution in [0.4, 0.5) is 0 Å². The van der Waals surface area contributed by atoms with Gasteiger partial charge in [0, 0.05) is 46.6 Å². The third-order valence-corrected chi connectivity index (χ3v) is 9.40. The fourth-order valence-electron chi connectivity index (χ4n) is 2.22. The number of hydrogen-bond acceptors (Lipinski definition) is 8. The minimum atomic E-state index is -2.48. The van der Waals surface area contributed by atoms with Crippen LogP contribution >= 0.6 is 0 Å². The Kier molecular flexibility index (Phi) is 17.8. The molecular formula is C15H40N2O6Si2. The molecular weight excluding hydrogens is 360 g/mol. The second kappa shape index (κ2) is 16.3. The molecule has 154 valence electrons. The van der Waals surface area contributed by atoms with Crippen LogP contribution in [0, 0.1) is 0 Å². The first-order valence-electron chi connectivity index (χ1n) is 8.91. The normalized spacial score (nSPS) is 13.3. The van der Waals surface area contributed by atoms with Crippen molar-refractivity contribution in [1.82, 2.24) is 0 Å². The molecule has 1 atom stereocenters. The van der Waals surface area contributed by atoms with Crippen molar-refractivity contribution in [3.63, 3.8) is 0 Å². The molecule has 0 aliphatic carbocycles. The molecule has 0 bridgehead atoms. The summed E-state index contributed by atoms with van der Waals surface area (Å²) in [6, 6.07) is 1.61. The standard InChI is InChI=1S/C9H23NO3Si.C6H17NO3Si/c1-5-8-14(11-6-2,12-7-3)13-9(4)10;1-8-11(9-2,10-3)6-4-5-7/h9H,5-8,10H2,1-4H3;4-7H2,1-3H3. The molecule has 0 heterocycles. The Morgan fingerprint density at radius 1 is 0.840 bits per heavy atom. The highest BCUT2D eigenvalue weighted by molar-refractivity contribution is 6.61. The van der Waals surface area contributed by atoms with Gasteiger partial charge in [-0.05, 0) is 33.7 Å². The Morgan fingerprint density at radius 2 is 1.32 bits per heavy atom. The monoisotopic (exact) mass is 400 g/mol. The summed E-state index contributed by atoms with van der Waals surface area (Å²) in [6.07, 6.45) is 1.53. The van der Waals surface area contributed by atoms with E-state index >= 15 is 0 Å². The van der Waals surface area contributed by atoms with E-state index < -0.39 is 17.6 Å². The quantitative estimate of drug-likeness (QED) is 0.336. The van der Waals surface area contributed by atoms with Crippen LogP contribution < -0.4 is 11.5 Å². The van der Waals surface area contributed by atoms with Crippen LogP contribution in [0.15, 0.2) is 0 Å². The molecule has 0 saturated heterocycles. The second-order valence-electron chi connectivity index (χ2n) is 5.31. The van der Waals surface area contributed by atoms with Gasteiger partial charge in [0.2, 0.25) is 0 Å². The van der Waals surface area contributed by atoms with Crippen LogP contribution in [0.25, 0.3) is 0 Å². The van der Waals surface area contributed by atoms with Gasteiger partial charge in [0.15, 0.2) is 0 Å². The number of rotatable bonds is 14. The highest BCUT2D eigenvalue weighted by atomic mass is 28.4. The molecule has 0 aliphatic heterocycles. The zero-order valence-electron chi connectivity index (χ0n) is 17.1. The van der Waals surface area contributed by atoms with E-state index in [-0.39, 0.29) is 6.23 Å². The molecule has 25 heavy (non-hydrogen) atoms. The lowest BCUT2D eigenvalue weighted by molar-refractivity contribution is 0.0404. The molecule has 0 rings (SSSR count). The second-order valence-corrected chi connectivity index (χ2v) is 11.1. The first-order valence-corrected chi connectivity index (χ1v) is 12.8. The van der Waals surface area contributed by atoms with E-state index in [4.69, 9.17) is 38.0 Å². The average Bonchev–Trinajstić information content (AvgIpc) is 2.57. The van der Waals surface area contributed by atoms with Gasteiger partial charge in [-0.15, -0.1) is 0 Å². The lowest BCUT2D eigenvalue weighted by Crippen LogP contribution is -2.49. The summed E-state index contributed by atoms with van der Waals surface area (Å²) in [5, 5.41) is 0. The van der Waals surface area contributed by atoms with E-state index in [1.807, 2.05) is 13.8 Å². The Hall–Kier alpha value is 0.114. The van der Waals surface area contributed by atoms with Crippen molar-refractivity contribution in [3.8, 4) is 0 Å². The van der Waals surface area contributed by atoms with Crippen molar-refractivity contribution in [2.24, 2.45) is 11.5 Å². The molecule has 4 N–H and O–H groups in total. The van der Waals surface area contributed by atoms with Crippen molar-refractivity contribution < 1.29 is 26.6 Å². The average molecular weight is 401 g/mol. The molecule has 10 heteroatoms. The van der Waals surface area contributed by atoms with Crippen LogP contribution in [0.1, 0.15) is 40.5 Å². The fourth-order valence-corrected chi connectivity index (χ4v) is 6.65. The van der Waals surface area contributed by atoms with Gasteiger partial charge in [0.1, 0.15) is 0 Å². The molecule has 0 amide bonds.